The van der Waals surface area contributed by atoms with Gasteiger partial charge in [-0.15, -0.1) is 0 Å². The fourth-order valence-corrected chi connectivity index (χ4v) is 3.50. The third-order valence-electron chi connectivity index (χ3n) is 3.20. The van der Waals surface area contributed by atoms with E-state index < -0.39 is 5.97 Å². The molecule has 4 nitrogen and oxygen atoms in total. The Balaban J connectivity index is 2.29. The Kier molecular flexibility index (Phi) is 4.40. The van der Waals surface area contributed by atoms with Gasteiger partial charge in [0.1, 0.15) is 11.4 Å². The van der Waals surface area contributed by atoms with E-state index >= 15 is 0 Å². The molecule has 0 saturated carbocycles. The second kappa shape index (κ2) is 5.71. The summed E-state index contributed by atoms with van der Waals surface area (Å²) in [5, 5.41) is 9.30. The molecule has 19 heavy (non-hydrogen) atoms. The molecular weight excluding hydrogens is 328 g/mol. The summed E-state index contributed by atoms with van der Waals surface area (Å²) in [6.07, 6.45) is 2.68. The Hall–Kier alpha value is -0.750. The number of aromatic nitrogens is 1. The smallest absolute Gasteiger partial charge is 0.339 e. The van der Waals surface area contributed by atoms with E-state index in [0.717, 1.165) is 25.3 Å². The van der Waals surface area contributed by atoms with Gasteiger partial charge in [0.15, 0.2) is 0 Å². The van der Waals surface area contributed by atoms with E-state index in [0.29, 0.717) is 10.3 Å². The second-order valence-electron chi connectivity index (χ2n) is 5.18. The van der Waals surface area contributed by atoms with E-state index in [1.807, 2.05) is 11.8 Å². The number of nitrogens with zero attached hydrogens (tertiary/aromatic N) is 2. The minimum Gasteiger partial charge on any atom is -0.478 e. The standard InChI is InChI=1S/C13H17BrN2O2S/c1-13(2)3-4-16(5-6-19-13)11-10(12(17)18)7-9(14)8-15-11/h7-8H,3-6H2,1-2H3,(H,17,18). The zero-order valence-corrected chi connectivity index (χ0v) is 13.4. The predicted octanol–water partition coefficient (Wildman–Crippen LogP) is 3.26. The van der Waals surface area contributed by atoms with Crippen LogP contribution >= 0.6 is 27.7 Å². The fraction of sp³-hybridized carbons (Fsp3) is 0.538. The topological polar surface area (TPSA) is 53.4 Å². The molecule has 0 atom stereocenters. The molecule has 0 amide bonds. The Morgan fingerprint density at radius 1 is 1.53 bits per heavy atom. The summed E-state index contributed by atoms with van der Waals surface area (Å²) in [5.41, 5.74) is 0.263. The number of rotatable bonds is 2. The van der Waals surface area contributed by atoms with Crippen molar-refractivity contribution in [2.75, 3.05) is 23.7 Å². The highest BCUT2D eigenvalue weighted by atomic mass is 79.9. The van der Waals surface area contributed by atoms with Gasteiger partial charge in [-0.3, -0.25) is 0 Å². The van der Waals surface area contributed by atoms with Crippen LogP contribution in [0.4, 0.5) is 5.82 Å². The molecule has 0 bridgehead atoms. The van der Waals surface area contributed by atoms with Crippen molar-refractivity contribution >= 4 is 39.5 Å². The molecule has 6 heteroatoms. The van der Waals surface area contributed by atoms with Gasteiger partial charge in [0.2, 0.25) is 0 Å². The number of aromatic carboxylic acids is 1. The monoisotopic (exact) mass is 344 g/mol. The third-order valence-corrected chi connectivity index (χ3v) is 5.01. The van der Waals surface area contributed by atoms with Gasteiger partial charge in [0.25, 0.3) is 0 Å². The van der Waals surface area contributed by atoms with Gasteiger partial charge in [-0.25, -0.2) is 9.78 Å². The average molecular weight is 345 g/mol. The number of thioether (sulfide) groups is 1. The van der Waals surface area contributed by atoms with Crippen LogP contribution in [-0.2, 0) is 0 Å². The van der Waals surface area contributed by atoms with Crippen molar-refractivity contribution in [1.82, 2.24) is 4.98 Å². The Bertz CT molecular complexity index is 494. The van der Waals surface area contributed by atoms with E-state index in [4.69, 9.17) is 0 Å². The molecule has 104 valence electrons. The lowest BCUT2D eigenvalue weighted by Crippen LogP contribution is -2.29. The molecular formula is C13H17BrN2O2S. The molecule has 0 aromatic carbocycles. The van der Waals surface area contributed by atoms with Gasteiger partial charge in [0, 0.05) is 34.3 Å². The summed E-state index contributed by atoms with van der Waals surface area (Å²) in [4.78, 5) is 17.7. The van der Waals surface area contributed by atoms with Crippen molar-refractivity contribution in [3.63, 3.8) is 0 Å². The van der Waals surface area contributed by atoms with Gasteiger partial charge in [0.05, 0.1) is 0 Å². The molecule has 2 heterocycles. The number of anilines is 1. The molecule has 1 aromatic heterocycles. The number of halogens is 1. The SMILES string of the molecule is CC1(C)CCN(c2ncc(Br)cc2C(=O)O)CCS1. The maximum Gasteiger partial charge on any atom is 0.339 e. The largest absolute Gasteiger partial charge is 0.478 e. The Labute approximate surface area is 125 Å². The number of carboxylic acid groups (broad SMARTS) is 1. The van der Waals surface area contributed by atoms with Crippen LogP contribution in [0.2, 0.25) is 0 Å². The van der Waals surface area contributed by atoms with Crippen molar-refractivity contribution in [2.45, 2.75) is 25.0 Å². The molecule has 0 radical (unpaired) electrons. The van der Waals surface area contributed by atoms with E-state index in [-0.39, 0.29) is 10.3 Å². The molecule has 1 aliphatic rings. The van der Waals surface area contributed by atoms with Crippen molar-refractivity contribution in [1.29, 1.82) is 0 Å². The first kappa shape index (κ1) is 14.7. The van der Waals surface area contributed by atoms with Crippen LogP contribution in [0.15, 0.2) is 16.7 Å². The second-order valence-corrected chi connectivity index (χ2v) is 7.89. The number of carbonyl (C=O) groups is 1. The highest BCUT2D eigenvalue weighted by Gasteiger charge is 2.26. The van der Waals surface area contributed by atoms with Crippen molar-refractivity contribution in [2.24, 2.45) is 0 Å². The Morgan fingerprint density at radius 3 is 2.95 bits per heavy atom. The van der Waals surface area contributed by atoms with Crippen LogP contribution in [0.1, 0.15) is 30.6 Å². The lowest BCUT2D eigenvalue weighted by atomic mass is 10.1. The zero-order chi connectivity index (χ0) is 14.0. The molecule has 1 aromatic rings. The van der Waals surface area contributed by atoms with E-state index in [1.54, 1.807) is 12.3 Å². The van der Waals surface area contributed by atoms with Crippen LogP contribution in [0.3, 0.4) is 0 Å². The highest BCUT2D eigenvalue weighted by Crippen LogP contribution is 2.33. The number of carboxylic acids is 1. The van der Waals surface area contributed by atoms with Crippen LogP contribution in [-0.4, -0.2) is 39.6 Å². The lowest BCUT2D eigenvalue weighted by molar-refractivity contribution is 0.0697. The zero-order valence-electron chi connectivity index (χ0n) is 11.0. The van der Waals surface area contributed by atoms with Gasteiger partial charge < -0.3 is 10.0 Å². The summed E-state index contributed by atoms with van der Waals surface area (Å²) in [6, 6.07) is 1.62. The Morgan fingerprint density at radius 2 is 2.26 bits per heavy atom. The molecule has 1 fully saturated rings. The van der Waals surface area contributed by atoms with Gasteiger partial charge >= 0.3 is 5.97 Å². The summed E-state index contributed by atoms with van der Waals surface area (Å²) >= 11 is 5.20. The summed E-state index contributed by atoms with van der Waals surface area (Å²) in [7, 11) is 0. The van der Waals surface area contributed by atoms with Crippen LogP contribution < -0.4 is 4.90 Å². The van der Waals surface area contributed by atoms with Gasteiger partial charge in [-0.1, -0.05) is 13.8 Å². The first-order valence-electron chi connectivity index (χ1n) is 6.17. The van der Waals surface area contributed by atoms with Crippen molar-refractivity contribution in [3.05, 3.63) is 22.3 Å². The number of hydrogen-bond donors (Lipinski definition) is 1. The van der Waals surface area contributed by atoms with Gasteiger partial charge in [-0.2, -0.15) is 11.8 Å². The molecule has 0 aliphatic carbocycles. The number of pyridine rings is 1. The first-order chi connectivity index (χ1) is 8.89. The number of hydrogen-bond acceptors (Lipinski definition) is 4. The van der Waals surface area contributed by atoms with E-state index in [9.17, 15) is 9.90 Å². The molecule has 1 saturated heterocycles. The maximum atomic E-state index is 11.3. The molecule has 1 N–H and O–H groups in total. The van der Waals surface area contributed by atoms with Gasteiger partial charge in [-0.05, 0) is 28.4 Å². The minimum atomic E-state index is -0.931. The lowest BCUT2D eigenvalue weighted by Gasteiger charge is -2.24. The normalized spacial score (nSPS) is 19.0. The predicted molar refractivity (Wildman–Crippen MR) is 82.3 cm³/mol. The summed E-state index contributed by atoms with van der Waals surface area (Å²) in [5.74, 6) is 0.637. The van der Waals surface area contributed by atoms with Crippen LogP contribution in [0.5, 0.6) is 0 Å². The van der Waals surface area contributed by atoms with E-state index in [2.05, 4.69) is 39.7 Å². The minimum absolute atomic E-state index is 0.244. The van der Waals surface area contributed by atoms with Crippen molar-refractivity contribution < 1.29 is 9.90 Å². The van der Waals surface area contributed by atoms with Crippen molar-refractivity contribution in [3.8, 4) is 0 Å². The molecule has 2 rings (SSSR count). The summed E-state index contributed by atoms with van der Waals surface area (Å²) in [6.45, 7) is 6.14. The fourth-order valence-electron chi connectivity index (χ4n) is 2.07. The average Bonchev–Trinajstić information content (AvgIpc) is 2.50. The van der Waals surface area contributed by atoms with E-state index in [1.165, 1.54) is 0 Å². The molecule has 0 unspecified atom stereocenters. The summed E-state index contributed by atoms with van der Waals surface area (Å²) < 4.78 is 0.936. The highest BCUT2D eigenvalue weighted by molar-refractivity contribution is 9.10. The maximum absolute atomic E-state index is 11.3. The third kappa shape index (κ3) is 3.63. The first-order valence-corrected chi connectivity index (χ1v) is 7.95. The molecule has 0 spiro atoms. The molecule has 1 aliphatic heterocycles. The van der Waals surface area contributed by atoms with Crippen LogP contribution in [0, 0.1) is 0 Å². The quantitative estimate of drug-likeness (QED) is 0.892. The van der Waals surface area contributed by atoms with Crippen LogP contribution in [0.25, 0.3) is 0 Å².